The number of benzene rings is 1. The highest BCUT2D eigenvalue weighted by molar-refractivity contribution is 9.08. The van der Waals surface area contributed by atoms with Crippen molar-refractivity contribution in [3.05, 3.63) is 23.8 Å². The zero-order valence-corrected chi connectivity index (χ0v) is 13.1. The van der Waals surface area contributed by atoms with Gasteiger partial charge in [0.15, 0.2) is 11.5 Å². The van der Waals surface area contributed by atoms with Crippen LogP contribution in [0, 0.1) is 0 Å². The van der Waals surface area contributed by atoms with Crippen LogP contribution in [0.4, 0.5) is 0 Å². The molecule has 1 aromatic carbocycles. The maximum Gasteiger partial charge on any atom is 0.161 e. The molecule has 0 saturated heterocycles. The van der Waals surface area contributed by atoms with Gasteiger partial charge >= 0.3 is 0 Å². The van der Waals surface area contributed by atoms with Crippen LogP contribution in [0.3, 0.4) is 0 Å². The molecular weight excluding hydrogens is 312 g/mol. The van der Waals surface area contributed by atoms with E-state index in [1.807, 2.05) is 18.2 Å². The van der Waals surface area contributed by atoms with Crippen molar-refractivity contribution in [1.82, 2.24) is 0 Å². The standard InChI is InChI=1S/C14H21BrO4/c1-16-6-3-7-18-8-9-19-14-10-12(11-15)4-5-13(14)17-2/h4-5,10H,3,6-9,11H2,1-2H3. The summed E-state index contributed by atoms with van der Waals surface area (Å²) >= 11 is 3.42. The lowest BCUT2D eigenvalue weighted by Crippen LogP contribution is -2.09. The van der Waals surface area contributed by atoms with Crippen molar-refractivity contribution in [2.45, 2.75) is 11.8 Å². The van der Waals surface area contributed by atoms with Crippen molar-refractivity contribution in [3.63, 3.8) is 0 Å². The Labute approximate surface area is 123 Å². The molecule has 0 saturated carbocycles. The van der Waals surface area contributed by atoms with Crippen molar-refractivity contribution in [2.24, 2.45) is 0 Å². The molecule has 108 valence electrons. The zero-order valence-electron chi connectivity index (χ0n) is 11.5. The van der Waals surface area contributed by atoms with E-state index >= 15 is 0 Å². The topological polar surface area (TPSA) is 36.9 Å². The molecule has 0 unspecified atom stereocenters. The minimum absolute atomic E-state index is 0.509. The second-order valence-electron chi connectivity index (χ2n) is 3.93. The third kappa shape index (κ3) is 6.27. The van der Waals surface area contributed by atoms with Crippen LogP contribution < -0.4 is 9.47 Å². The van der Waals surface area contributed by atoms with E-state index in [4.69, 9.17) is 18.9 Å². The molecule has 19 heavy (non-hydrogen) atoms. The smallest absolute Gasteiger partial charge is 0.161 e. The number of alkyl halides is 1. The van der Waals surface area contributed by atoms with E-state index in [2.05, 4.69) is 15.9 Å². The second kappa shape index (κ2) is 10.1. The molecule has 0 aliphatic carbocycles. The van der Waals surface area contributed by atoms with Crippen LogP contribution in [0.5, 0.6) is 11.5 Å². The number of methoxy groups -OCH3 is 2. The van der Waals surface area contributed by atoms with Crippen molar-refractivity contribution in [3.8, 4) is 11.5 Å². The van der Waals surface area contributed by atoms with Crippen LogP contribution in [0.1, 0.15) is 12.0 Å². The van der Waals surface area contributed by atoms with Gasteiger partial charge in [0.1, 0.15) is 6.61 Å². The molecular formula is C14H21BrO4. The Bertz CT molecular complexity index is 357. The van der Waals surface area contributed by atoms with Gasteiger partial charge in [0.25, 0.3) is 0 Å². The molecule has 0 radical (unpaired) electrons. The summed E-state index contributed by atoms with van der Waals surface area (Å²) in [5, 5.41) is 0.793. The molecule has 4 nitrogen and oxygen atoms in total. The summed E-state index contributed by atoms with van der Waals surface area (Å²) in [6.45, 7) is 2.48. The van der Waals surface area contributed by atoms with E-state index in [0.717, 1.165) is 35.4 Å². The minimum atomic E-state index is 0.509. The van der Waals surface area contributed by atoms with Crippen molar-refractivity contribution in [1.29, 1.82) is 0 Å². The quantitative estimate of drug-likeness (QED) is 0.487. The maximum atomic E-state index is 5.67. The lowest BCUT2D eigenvalue weighted by atomic mass is 10.2. The Morgan fingerprint density at radius 3 is 2.53 bits per heavy atom. The Kier molecular flexibility index (Phi) is 8.62. The number of ether oxygens (including phenoxy) is 4. The third-order valence-electron chi connectivity index (χ3n) is 2.50. The van der Waals surface area contributed by atoms with Gasteiger partial charge in [0.2, 0.25) is 0 Å². The Balaban J connectivity index is 2.31. The molecule has 0 heterocycles. The summed E-state index contributed by atoms with van der Waals surface area (Å²) in [5.41, 5.74) is 1.15. The van der Waals surface area contributed by atoms with Crippen LogP contribution in [0.15, 0.2) is 18.2 Å². The molecule has 0 N–H and O–H groups in total. The van der Waals surface area contributed by atoms with Crippen LogP contribution in [-0.2, 0) is 14.8 Å². The lowest BCUT2D eigenvalue weighted by Gasteiger charge is -2.12. The molecule has 1 rings (SSSR count). The molecule has 0 aromatic heterocycles. The Morgan fingerprint density at radius 1 is 1.00 bits per heavy atom. The van der Waals surface area contributed by atoms with Crippen LogP contribution in [0.2, 0.25) is 0 Å². The molecule has 0 spiro atoms. The first kappa shape index (κ1) is 16.3. The number of hydrogen-bond donors (Lipinski definition) is 0. The first-order valence-corrected chi connectivity index (χ1v) is 7.36. The molecule has 0 bridgehead atoms. The highest BCUT2D eigenvalue weighted by atomic mass is 79.9. The third-order valence-corrected chi connectivity index (χ3v) is 3.15. The predicted octanol–water partition coefficient (Wildman–Crippen LogP) is 3.02. The maximum absolute atomic E-state index is 5.67. The average Bonchev–Trinajstić information content (AvgIpc) is 2.46. The van der Waals surface area contributed by atoms with Gasteiger partial charge in [-0.3, -0.25) is 0 Å². The van der Waals surface area contributed by atoms with E-state index in [1.165, 1.54) is 0 Å². The molecule has 0 fully saturated rings. The fourth-order valence-corrected chi connectivity index (χ4v) is 1.88. The number of rotatable bonds is 10. The summed E-state index contributed by atoms with van der Waals surface area (Å²) < 4.78 is 21.3. The zero-order chi connectivity index (χ0) is 13.9. The summed E-state index contributed by atoms with van der Waals surface area (Å²) in [6.07, 6.45) is 0.902. The van der Waals surface area contributed by atoms with Crippen LogP contribution in [-0.4, -0.2) is 40.6 Å². The highest BCUT2D eigenvalue weighted by Gasteiger charge is 2.05. The van der Waals surface area contributed by atoms with Crippen LogP contribution in [0.25, 0.3) is 0 Å². The van der Waals surface area contributed by atoms with Crippen molar-refractivity contribution < 1.29 is 18.9 Å². The fourth-order valence-electron chi connectivity index (χ4n) is 1.53. The summed E-state index contributed by atoms with van der Waals surface area (Å²) in [5.74, 6) is 1.49. The van der Waals surface area contributed by atoms with E-state index in [0.29, 0.717) is 19.8 Å². The van der Waals surface area contributed by atoms with Gasteiger partial charge in [-0.15, -0.1) is 0 Å². The number of halogens is 1. The van der Waals surface area contributed by atoms with Crippen molar-refractivity contribution in [2.75, 3.05) is 40.6 Å². The van der Waals surface area contributed by atoms with E-state index in [-0.39, 0.29) is 0 Å². The minimum Gasteiger partial charge on any atom is -0.493 e. The fraction of sp³-hybridized carbons (Fsp3) is 0.571. The predicted molar refractivity (Wildman–Crippen MR) is 78.4 cm³/mol. The molecule has 5 heteroatoms. The summed E-state index contributed by atoms with van der Waals surface area (Å²) in [7, 11) is 3.32. The van der Waals surface area contributed by atoms with Crippen molar-refractivity contribution >= 4 is 15.9 Å². The van der Waals surface area contributed by atoms with E-state index in [1.54, 1.807) is 14.2 Å². The van der Waals surface area contributed by atoms with Gasteiger partial charge in [-0.1, -0.05) is 22.0 Å². The number of hydrogen-bond acceptors (Lipinski definition) is 4. The molecule has 1 aromatic rings. The first-order valence-electron chi connectivity index (χ1n) is 6.24. The monoisotopic (exact) mass is 332 g/mol. The lowest BCUT2D eigenvalue weighted by molar-refractivity contribution is 0.0799. The first-order chi connectivity index (χ1) is 9.31. The van der Waals surface area contributed by atoms with Crippen LogP contribution >= 0.6 is 15.9 Å². The Morgan fingerprint density at radius 2 is 1.84 bits per heavy atom. The average molecular weight is 333 g/mol. The second-order valence-corrected chi connectivity index (χ2v) is 4.49. The van der Waals surface area contributed by atoms with Gasteiger partial charge in [-0.2, -0.15) is 0 Å². The molecule has 0 aliphatic rings. The molecule has 0 aliphatic heterocycles. The molecule has 0 amide bonds. The van der Waals surface area contributed by atoms with Gasteiger partial charge in [-0.05, 0) is 24.1 Å². The highest BCUT2D eigenvalue weighted by Crippen LogP contribution is 2.28. The van der Waals surface area contributed by atoms with E-state index in [9.17, 15) is 0 Å². The van der Waals surface area contributed by atoms with Gasteiger partial charge in [-0.25, -0.2) is 0 Å². The SMILES string of the molecule is COCCCOCCOc1cc(CBr)ccc1OC. The summed E-state index contributed by atoms with van der Waals surface area (Å²) in [4.78, 5) is 0. The largest absolute Gasteiger partial charge is 0.493 e. The molecule has 0 atom stereocenters. The Hall–Kier alpha value is -0.780. The van der Waals surface area contributed by atoms with Gasteiger partial charge in [0, 0.05) is 25.7 Å². The van der Waals surface area contributed by atoms with Gasteiger partial charge < -0.3 is 18.9 Å². The normalized spacial score (nSPS) is 10.5. The van der Waals surface area contributed by atoms with E-state index < -0.39 is 0 Å². The van der Waals surface area contributed by atoms with Gasteiger partial charge in [0.05, 0.1) is 13.7 Å². The summed E-state index contributed by atoms with van der Waals surface area (Å²) in [6, 6.07) is 5.88.